The lowest BCUT2D eigenvalue weighted by atomic mass is 9.99. The number of anilines is 2. The van der Waals surface area contributed by atoms with Crippen LogP contribution in [0, 0.1) is 5.82 Å². The highest BCUT2D eigenvalue weighted by atomic mass is 19.1. The predicted molar refractivity (Wildman–Crippen MR) is 112 cm³/mol. The molecule has 0 saturated carbocycles. The molecule has 1 atom stereocenters. The molecule has 0 bridgehead atoms. The maximum Gasteiger partial charge on any atom is 0.259 e. The average molecular weight is 389 g/mol. The van der Waals surface area contributed by atoms with Crippen LogP contribution in [0.15, 0.2) is 77.9 Å². The van der Waals surface area contributed by atoms with Crippen molar-refractivity contribution in [1.29, 1.82) is 0 Å². The summed E-state index contributed by atoms with van der Waals surface area (Å²) in [6.07, 6.45) is 3.80. The highest BCUT2D eigenvalue weighted by Crippen LogP contribution is 2.27. The fourth-order valence-electron chi connectivity index (χ4n) is 3.36. The van der Waals surface area contributed by atoms with E-state index in [0.717, 1.165) is 16.5 Å². The molecule has 5 nitrogen and oxygen atoms in total. The molecule has 0 fully saturated rings. The maximum absolute atomic E-state index is 13.1. The molecule has 0 saturated heterocycles. The lowest BCUT2D eigenvalue weighted by Crippen LogP contribution is -2.10. The number of aromatic nitrogens is 2. The topological polar surface area (TPSA) is 78.0 Å². The molecule has 2 heterocycles. The van der Waals surface area contributed by atoms with E-state index in [1.54, 1.807) is 24.5 Å². The Morgan fingerprint density at radius 1 is 1.07 bits per heavy atom. The number of hydrogen-bond donors (Lipinski definition) is 3. The molecule has 29 heavy (non-hydrogen) atoms. The first-order valence-electron chi connectivity index (χ1n) is 9.36. The van der Waals surface area contributed by atoms with Gasteiger partial charge in [0, 0.05) is 18.1 Å². The van der Waals surface area contributed by atoms with Gasteiger partial charge in [-0.1, -0.05) is 30.3 Å². The van der Waals surface area contributed by atoms with Crippen LogP contribution in [0.2, 0.25) is 0 Å². The van der Waals surface area contributed by atoms with Crippen molar-refractivity contribution in [3.63, 3.8) is 0 Å². The van der Waals surface area contributed by atoms with Crippen LogP contribution in [0.25, 0.3) is 10.8 Å². The Bertz CT molecular complexity index is 1170. The molecule has 0 aliphatic rings. The number of aliphatic hydroxyl groups excluding tert-OH is 1. The Kier molecular flexibility index (Phi) is 5.35. The molecule has 146 valence electrons. The zero-order valence-electron chi connectivity index (χ0n) is 15.6. The lowest BCUT2D eigenvalue weighted by molar-refractivity contribution is 0.168. The second-order valence-electron chi connectivity index (χ2n) is 6.82. The van der Waals surface area contributed by atoms with E-state index in [4.69, 9.17) is 0 Å². The Hall–Kier alpha value is -3.51. The van der Waals surface area contributed by atoms with Gasteiger partial charge in [-0.3, -0.25) is 4.79 Å². The number of aliphatic hydroxyl groups is 1. The number of hydrogen-bond acceptors (Lipinski definition) is 4. The summed E-state index contributed by atoms with van der Waals surface area (Å²) in [7, 11) is 0. The van der Waals surface area contributed by atoms with Crippen molar-refractivity contribution in [1.82, 2.24) is 9.97 Å². The number of rotatable bonds is 6. The molecule has 0 spiro atoms. The number of nitrogens with zero attached hydrogens (tertiary/aromatic N) is 1. The largest absolute Gasteiger partial charge is 0.388 e. The number of H-pyrrole nitrogens is 1. The van der Waals surface area contributed by atoms with Gasteiger partial charge in [0.2, 0.25) is 0 Å². The van der Waals surface area contributed by atoms with Crippen LogP contribution in [-0.4, -0.2) is 15.1 Å². The Morgan fingerprint density at radius 3 is 2.59 bits per heavy atom. The van der Waals surface area contributed by atoms with Gasteiger partial charge < -0.3 is 15.4 Å². The van der Waals surface area contributed by atoms with Crippen molar-refractivity contribution in [3.8, 4) is 0 Å². The molecule has 3 N–H and O–H groups in total. The molecule has 2 aromatic carbocycles. The SMILES string of the molecule is O=c1[nH]ccc2c(CCC(O)c3ccccc3)cnc(Nc3ccc(F)cc3)c12. The Morgan fingerprint density at radius 2 is 1.83 bits per heavy atom. The number of halogens is 1. The molecule has 0 aliphatic carbocycles. The lowest BCUT2D eigenvalue weighted by Gasteiger charge is -2.14. The number of aryl methyl sites for hydroxylation is 1. The second-order valence-corrected chi connectivity index (χ2v) is 6.82. The second kappa shape index (κ2) is 8.24. The summed E-state index contributed by atoms with van der Waals surface area (Å²) >= 11 is 0. The first-order valence-corrected chi connectivity index (χ1v) is 9.36. The summed E-state index contributed by atoms with van der Waals surface area (Å²) in [6.45, 7) is 0. The minimum Gasteiger partial charge on any atom is -0.388 e. The van der Waals surface area contributed by atoms with Crippen molar-refractivity contribution >= 4 is 22.3 Å². The van der Waals surface area contributed by atoms with Crippen LogP contribution in [-0.2, 0) is 6.42 Å². The smallest absolute Gasteiger partial charge is 0.259 e. The maximum atomic E-state index is 13.1. The van der Waals surface area contributed by atoms with Crippen molar-refractivity contribution < 1.29 is 9.50 Å². The fraction of sp³-hybridized carbons (Fsp3) is 0.130. The van der Waals surface area contributed by atoms with Crippen LogP contribution in [0.3, 0.4) is 0 Å². The predicted octanol–water partition coefficient (Wildman–Crippen LogP) is 4.47. The van der Waals surface area contributed by atoms with Crippen molar-refractivity contribution in [2.45, 2.75) is 18.9 Å². The summed E-state index contributed by atoms with van der Waals surface area (Å²) in [5.41, 5.74) is 2.11. The molecular weight excluding hydrogens is 369 g/mol. The molecule has 2 aromatic heterocycles. The Balaban J connectivity index is 1.63. The van der Waals surface area contributed by atoms with Gasteiger partial charge in [-0.2, -0.15) is 0 Å². The molecule has 0 amide bonds. The third-order valence-electron chi connectivity index (χ3n) is 4.87. The molecule has 6 heteroatoms. The molecule has 4 aromatic rings. The molecule has 4 rings (SSSR count). The van der Waals surface area contributed by atoms with Crippen molar-refractivity contribution in [3.05, 3.63) is 100 Å². The minimum absolute atomic E-state index is 0.259. The molecule has 1 unspecified atom stereocenters. The summed E-state index contributed by atoms with van der Waals surface area (Å²) in [4.78, 5) is 19.6. The monoisotopic (exact) mass is 389 g/mol. The van der Waals surface area contributed by atoms with E-state index < -0.39 is 6.10 Å². The highest BCUT2D eigenvalue weighted by Gasteiger charge is 2.13. The van der Waals surface area contributed by atoms with Crippen LogP contribution in [0.4, 0.5) is 15.9 Å². The summed E-state index contributed by atoms with van der Waals surface area (Å²) in [6, 6.07) is 17.2. The fourth-order valence-corrected chi connectivity index (χ4v) is 3.36. The number of nitrogens with one attached hydrogen (secondary N) is 2. The average Bonchev–Trinajstić information content (AvgIpc) is 2.75. The summed E-state index contributed by atoms with van der Waals surface area (Å²) in [5, 5.41) is 14.7. The van der Waals surface area contributed by atoms with E-state index in [0.29, 0.717) is 29.7 Å². The third kappa shape index (κ3) is 4.17. The van der Waals surface area contributed by atoms with E-state index in [-0.39, 0.29) is 11.4 Å². The standard InChI is InChI=1S/C23H20FN3O2/c24-17-7-9-18(10-8-17)27-22-21-19(12-13-25-23(21)29)16(14-26-22)6-11-20(28)15-4-2-1-3-5-15/h1-5,7-10,12-14,20,28H,6,11H2,(H,25,29)(H,26,27). The zero-order chi connectivity index (χ0) is 20.2. The van der Waals surface area contributed by atoms with Gasteiger partial charge in [-0.15, -0.1) is 0 Å². The quantitative estimate of drug-likeness (QED) is 0.455. The van der Waals surface area contributed by atoms with Gasteiger partial charge >= 0.3 is 0 Å². The third-order valence-corrected chi connectivity index (χ3v) is 4.87. The minimum atomic E-state index is -0.592. The zero-order valence-corrected chi connectivity index (χ0v) is 15.6. The summed E-state index contributed by atoms with van der Waals surface area (Å²) < 4.78 is 13.1. The number of fused-ring (bicyclic) bond motifs is 1. The van der Waals surface area contributed by atoms with Crippen molar-refractivity contribution in [2.24, 2.45) is 0 Å². The van der Waals surface area contributed by atoms with E-state index >= 15 is 0 Å². The van der Waals surface area contributed by atoms with Crippen molar-refractivity contribution in [2.75, 3.05) is 5.32 Å². The van der Waals surface area contributed by atoms with Gasteiger partial charge in [-0.05, 0) is 59.7 Å². The molecule has 0 aliphatic heterocycles. The van der Waals surface area contributed by atoms with E-state index in [2.05, 4.69) is 15.3 Å². The van der Waals surface area contributed by atoms with Crippen LogP contribution in [0.1, 0.15) is 23.7 Å². The first-order chi connectivity index (χ1) is 14.1. The van der Waals surface area contributed by atoms with Crippen LogP contribution < -0.4 is 10.9 Å². The summed E-state index contributed by atoms with van der Waals surface area (Å²) in [5.74, 6) is 0.0688. The Labute approximate surface area is 166 Å². The number of benzene rings is 2. The van der Waals surface area contributed by atoms with E-state index in [1.807, 2.05) is 36.4 Å². The van der Waals surface area contributed by atoms with Gasteiger partial charge in [-0.25, -0.2) is 9.37 Å². The normalized spacial score (nSPS) is 12.1. The molecular formula is C23H20FN3O2. The van der Waals surface area contributed by atoms with Gasteiger partial charge in [0.15, 0.2) is 0 Å². The first kappa shape index (κ1) is 18.8. The number of aromatic amines is 1. The van der Waals surface area contributed by atoms with Gasteiger partial charge in [0.1, 0.15) is 11.6 Å². The van der Waals surface area contributed by atoms with Crippen LogP contribution in [0.5, 0.6) is 0 Å². The van der Waals surface area contributed by atoms with E-state index in [1.165, 1.54) is 12.1 Å². The number of pyridine rings is 2. The van der Waals surface area contributed by atoms with Gasteiger partial charge in [0.25, 0.3) is 5.56 Å². The molecule has 0 radical (unpaired) electrons. The van der Waals surface area contributed by atoms with Gasteiger partial charge in [0.05, 0.1) is 11.5 Å². The van der Waals surface area contributed by atoms with E-state index in [9.17, 15) is 14.3 Å². The van der Waals surface area contributed by atoms with Crippen LogP contribution >= 0.6 is 0 Å². The highest BCUT2D eigenvalue weighted by molar-refractivity contribution is 5.94.